The van der Waals surface area contributed by atoms with Gasteiger partial charge in [-0.1, -0.05) is 24.3 Å². The maximum absolute atomic E-state index is 5.34. The fraction of sp³-hybridized carbons (Fsp3) is 0.0769. The summed E-state index contributed by atoms with van der Waals surface area (Å²) >= 11 is 0. The molecule has 0 radical (unpaired) electrons. The van der Waals surface area contributed by atoms with Crippen molar-refractivity contribution in [1.82, 2.24) is 0 Å². The Bertz CT molecular complexity index is 399. The summed E-state index contributed by atoms with van der Waals surface area (Å²) in [5.74, 6) is 0.991. The molecule has 2 aromatic rings. The van der Waals surface area contributed by atoms with E-state index in [0.717, 1.165) is 5.75 Å². The van der Waals surface area contributed by atoms with Gasteiger partial charge in [0.2, 0.25) is 0 Å². The summed E-state index contributed by atoms with van der Waals surface area (Å²) < 4.78 is 9.92. The largest absolute Gasteiger partial charge is 0.489 e. The third-order valence-electron chi connectivity index (χ3n) is 1.98. The van der Waals surface area contributed by atoms with E-state index >= 15 is 0 Å². The lowest BCUT2D eigenvalue weighted by molar-refractivity contribution is 0.358. The van der Waals surface area contributed by atoms with Crippen LogP contribution >= 0.6 is 0 Å². The molecule has 76 valence electrons. The van der Waals surface area contributed by atoms with Crippen LogP contribution in [0.5, 0.6) is 5.75 Å². The molecule has 0 saturated heterocycles. The van der Waals surface area contributed by atoms with Crippen molar-refractivity contribution in [3.63, 3.8) is 0 Å². The SMILES string of the molecule is C1=Cc2ccccc2OC1.c1ccoc1. The van der Waals surface area contributed by atoms with E-state index in [1.807, 2.05) is 42.5 Å². The second-order valence-corrected chi connectivity index (χ2v) is 3.04. The average Bonchev–Trinajstić information content (AvgIpc) is 2.88. The van der Waals surface area contributed by atoms with Crippen molar-refractivity contribution in [2.45, 2.75) is 0 Å². The number of benzene rings is 1. The van der Waals surface area contributed by atoms with Crippen molar-refractivity contribution in [2.24, 2.45) is 0 Å². The van der Waals surface area contributed by atoms with Crippen LogP contribution in [0.4, 0.5) is 0 Å². The van der Waals surface area contributed by atoms with Crippen LogP contribution < -0.4 is 4.74 Å². The van der Waals surface area contributed by atoms with Gasteiger partial charge in [-0.3, -0.25) is 0 Å². The van der Waals surface area contributed by atoms with Gasteiger partial charge in [-0.15, -0.1) is 0 Å². The Kier molecular flexibility index (Phi) is 3.23. The molecule has 3 rings (SSSR count). The molecule has 1 aromatic heterocycles. The summed E-state index contributed by atoms with van der Waals surface area (Å²) in [4.78, 5) is 0. The van der Waals surface area contributed by atoms with Gasteiger partial charge in [0.15, 0.2) is 0 Å². The lowest BCUT2D eigenvalue weighted by atomic mass is 10.1. The molecular formula is C13H12O2. The van der Waals surface area contributed by atoms with Crippen molar-refractivity contribution in [3.05, 3.63) is 60.6 Å². The van der Waals surface area contributed by atoms with Gasteiger partial charge < -0.3 is 9.15 Å². The third kappa shape index (κ3) is 2.74. The molecule has 2 heterocycles. The minimum atomic E-state index is 0.705. The lowest BCUT2D eigenvalue weighted by Gasteiger charge is -2.10. The van der Waals surface area contributed by atoms with Crippen molar-refractivity contribution in [3.8, 4) is 5.75 Å². The van der Waals surface area contributed by atoms with Gasteiger partial charge in [-0.25, -0.2) is 0 Å². The highest BCUT2D eigenvalue weighted by molar-refractivity contribution is 5.58. The molecule has 0 unspecified atom stereocenters. The maximum Gasteiger partial charge on any atom is 0.126 e. The number of hydrogen-bond acceptors (Lipinski definition) is 2. The van der Waals surface area contributed by atoms with E-state index in [4.69, 9.17) is 4.74 Å². The molecular weight excluding hydrogens is 188 g/mol. The maximum atomic E-state index is 5.34. The Morgan fingerprint density at radius 1 is 0.933 bits per heavy atom. The monoisotopic (exact) mass is 200 g/mol. The molecule has 0 fully saturated rings. The number of rotatable bonds is 0. The molecule has 1 aromatic carbocycles. The second-order valence-electron chi connectivity index (χ2n) is 3.04. The van der Waals surface area contributed by atoms with E-state index in [1.54, 1.807) is 12.5 Å². The van der Waals surface area contributed by atoms with Crippen molar-refractivity contribution in [1.29, 1.82) is 0 Å². The molecule has 2 nitrogen and oxygen atoms in total. The predicted molar refractivity (Wildman–Crippen MR) is 59.7 cm³/mol. The van der Waals surface area contributed by atoms with Gasteiger partial charge in [0.1, 0.15) is 12.4 Å². The number of furan rings is 1. The Labute approximate surface area is 88.8 Å². The first-order valence-corrected chi connectivity index (χ1v) is 4.82. The van der Waals surface area contributed by atoms with Gasteiger partial charge in [0, 0.05) is 5.56 Å². The minimum Gasteiger partial charge on any atom is -0.489 e. The fourth-order valence-electron chi connectivity index (χ4n) is 1.29. The van der Waals surface area contributed by atoms with E-state index in [9.17, 15) is 0 Å². The smallest absolute Gasteiger partial charge is 0.126 e. The summed E-state index contributed by atoms with van der Waals surface area (Å²) in [6.45, 7) is 0.705. The summed E-state index contributed by atoms with van der Waals surface area (Å²) in [5, 5.41) is 0. The topological polar surface area (TPSA) is 22.4 Å². The Morgan fingerprint density at radius 3 is 2.40 bits per heavy atom. The molecule has 0 N–H and O–H groups in total. The lowest BCUT2D eigenvalue weighted by Crippen LogP contribution is -1.98. The van der Waals surface area contributed by atoms with Crippen LogP contribution in [-0.4, -0.2) is 6.61 Å². The Morgan fingerprint density at radius 2 is 1.73 bits per heavy atom. The summed E-state index contributed by atoms with van der Waals surface area (Å²) in [7, 11) is 0. The van der Waals surface area contributed by atoms with Gasteiger partial charge in [0.25, 0.3) is 0 Å². The molecule has 0 spiro atoms. The fourth-order valence-corrected chi connectivity index (χ4v) is 1.29. The van der Waals surface area contributed by atoms with E-state index < -0.39 is 0 Å². The molecule has 0 saturated carbocycles. The normalized spacial score (nSPS) is 12.0. The minimum absolute atomic E-state index is 0.705. The van der Waals surface area contributed by atoms with Crippen LogP contribution in [0.25, 0.3) is 6.08 Å². The quantitative estimate of drug-likeness (QED) is 0.650. The van der Waals surface area contributed by atoms with Gasteiger partial charge >= 0.3 is 0 Å². The van der Waals surface area contributed by atoms with Crippen LogP contribution in [0, 0.1) is 0 Å². The standard InChI is InChI=1S/C9H8O.C4H4O/c1-2-6-9-8(4-1)5-3-7-10-9;1-2-4-5-3-1/h1-6H,7H2;1-4H. The van der Waals surface area contributed by atoms with E-state index in [-0.39, 0.29) is 0 Å². The second kappa shape index (κ2) is 5.05. The van der Waals surface area contributed by atoms with Crippen molar-refractivity contribution < 1.29 is 9.15 Å². The first kappa shape index (κ1) is 9.59. The molecule has 0 bridgehead atoms. The number of para-hydroxylation sites is 1. The van der Waals surface area contributed by atoms with Crippen molar-refractivity contribution in [2.75, 3.05) is 6.61 Å². The van der Waals surface area contributed by atoms with Gasteiger partial charge in [-0.05, 0) is 24.3 Å². The average molecular weight is 200 g/mol. The zero-order valence-corrected chi connectivity index (χ0v) is 8.30. The highest BCUT2D eigenvalue weighted by atomic mass is 16.5. The van der Waals surface area contributed by atoms with E-state index in [1.165, 1.54) is 5.56 Å². The van der Waals surface area contributed by atoms with Gasteiger partial charge in [0.05, 0.1) is 12.5 Å². The third-order valence-corrected chi connectivity index (χ3v) is 1.98. The molecule has 15 heavy (non-hydrogen) atoms. The summed E-state index contributed by atoms with van der Waals surface area (Å²) in [6.07, 6.45) is 7.35. The van der Waals surface area contributed by atoms with Crippen LogP contribution in [0.1, 0.15) is 5.56 Å². The number of fused-ring (bicyclic) bond motifs is 1. The zero-order valence-electron chi connectivity index (χ0n) is 8.30. The first-order valence-electron chi connectivity index (χ1n) is 4.82. The molecule has 1 aliphatic rings. The van der Waals surface area contributed by atoms with Crippen LogP contribution in [0.2, 0.25) is 0 Å². The Hall–Kier alpha value is -1.96. The Balaban J connectivity index is 0.000000144. The molecule has 0 aliphatic carbocycles. The van der Waals surface area contributed by atoms with Crippen LogP contribution in [-0.2, 0) is 0 Å². The first-order chi connectivity index (χ1) is 7.47. The molecule has 2 heteroatoms. The van der Waals surface area contributed by atoms with Crippen LogP contribution in [0.15, 0.2) is 59.4 Å². The molecule has 0 atom stereocenters. The molecule has 1 aliphatic heterocycles. The van der Waals surface area contributed by atoms with Crippen molar-refractivity contribution >= 4 is 6.08 Å². The van der Waals surface area contributed by atoms with E-state index in [0.29, 0.717) is 6.61 Å². The summed E-state index contributed by atoms with van der Waals surface area (Å²) in [6, 6.07) is 11.7. The highest BCUT2D eigenvalue weighted by Crippen LogP contribution is 2.21. The highest BCUT2D eigenvalue weighted by Gasteiger charge is 2.01. The zero-order chi connectivity index (χ0) is 10.3. The molecule has 0 amide bonds. The van der Waals surface area contributed by atoms with Crippen LogP contribution in [0.3, 0.4) is 0 Å². The predicted octanol–water partition coefficient (Wildman–Crippen LogP) is 3.37. The number of hydrogen-bond donors (Lipinski definition) is 0. The number of ether oxygens (including phenoxy) is 1. The van der Waals surface area contributed by atoms with Gasteiger partial charge in [-0.2, -0.15) is 0 Å². The van der Waals surface area contributed by atoms with E-state index in [2.05, 4.69) is 10.5 Å². The summed E-state index contributed by atoms with van der Waals surface area (Å²) in [5.41, 5.74) is 1.17.